The van der Waals surface area contributed by atoms with Crippen molar-refractivity contribution in [3.63, 3.8) is 0 Å². The van der Waals surface area contributed by atoms with Gasteiger partial charge in [0.15, 0.2) is 0 Å². The van der Waals surface area contributed by atoms with Gasteiger partial charge >= 0.3 is 0 Å². The first-order valence-corrected chi connectivity index (χ1v) is 9.23. The molecule has 0 radical (unpaired) electrons. The van der Waals surface area contributed by atoms with Crippen LogP contribution in [0, 0.1) is 0 Å². The molecule has 0 atom stereocenters. The topological polar surface area (TPSA) is 76.3 Å². The Labute approximate surface area is 156 Å². The third-order valence-electron chi connectivity index (χ3n) is 3.50. The van der Waals surface area contributed by atoms with Crippen LogP contribution in [0.15, 0.2) is 51.0 Å². The first kappa shape index (κ1) is 17.5. The predicted octanol–water partition coefficient (Wildman–Crippen LogP) is 2.93. The molecule has 0 spiro atoms. The van der Waals surface area contributed by atoms with Crippen molar-refractivity contribution in [3.05, 3.63) is 61.9 Å². The molecule has 0 saturated carbocycles. The number of halogens is 1. The fraction of sp³-hybridized carbons (Fsp3) is 0.176. The van der Waals surface area contributed by atoms with Gasteiger partial charge in [0.2, 0.25) is 0 Å². The van der Waals surface area contributed by atoms with E-state index < -0.39 is 0 Å². The molecule has 0 aliphatic heterocycles. The second-order valence-electron chi connectivity index (χ2n) is 5.31. The number of carbonyl (C=O) groups is 1. The van der Waals surface area contributed by atoms with Gasteiger partial charge in [-0.15, -0.1) is 11.3 Å². The van der Waals surface area contributed by atoms with Gasteiger partial charge in [0.05, 0.1) is 17.9 Å². The summed E-state index contributed by atoms with van der Waals surface area (Å²) in [6.45, 7) is 1.90. The average molecular weight is 419 g/mol. The van der Waals surface area contributed by atoms with E-state index in [1.54, 1.807) is 6.21 Å². The summed E-state index contributed by atoms with van der Waals surface area (Å²) in [5.74, 6) is -0.387. The summed E-state index contributed by atoms with van der Waals surface area (Å²) in [5, 5.41) is 4.45. The van der Waals surface area contributed by atoms with Crippen LogP contribution >= 0.6 is 27.3 Å². The molecular weight excluding hydrogens is 404 g/mol. The molecule has 0 bridgehead atoms. The SMILES string of the molecule is CCc1cc2c(=O)n(CC(=O)N/N=C\c3ccc(Br)cc3)cnc2s1. The van der Waals surface area contributed by atoms with E-state index in [-0.39, 0.29) is 18.0 Å². The third-order valence-corrected chi connectivity index (χ3v) is 5.22. The molecule has 1 aromatic carbocycles. The lowest BCUT2D eigenvalue weighted by Gasteiger charge is -2.03. The molecule has 8 heteroatoms. The Hall–Kier alpha value is -2.32. The number of hydrogen-bond donors (Lipinski definition) is 1. The van der Waals surface area contributed by atoms with Gasteiger partial charge in [-0.05, 0) is 30.2 Å². The van der Waals surface area contributed by atoms with Gasteiger partial charge in [0.25, 0.3) is 11.5 Å². The van der Waals surface area contributed by atoms with Crippen molar-refractivity contribution in [2.24, 2.45) is 5.10 Å². The molecule has 2 aromatic heterocycles. The van der Waals surface area contributed by atoms with Crippen molar-refractivity contribution < 1.29 is 4.79 Å². The molecule has 0 aliphatic carbocycles. The number of aryl methyl sites for hydroxylation is 1. The van der Waals surface area contributed by atoms with Crippen LogP contribution < -0.4 is 11.0 Å². The molecule has 1 amide bonds. The van der Waals surface area contributed by atoms with E-state index in [1.807, 2.05) is 37.3 Å². The van der Waals surface area contributed by atoms with Crippen LogP contribution in [0.2, 0.25) is 0 Å². The highest BCUT2D eigenvalue weighted by Crippen LogP contribution is 2.20. The minimum atomic E-state index is -0.387. The molecule has 25 heavy (non-hydrogen) atoms. The van der Waals surface area contributed by atoms with Crippen molar-refractivity contribution in [3.8, 4) is 0 Å². The van der Waals surface area contributed by atoms with E-state index in [0.717, 1.165) is 21.3 Å². The smallest absolute Gasteiger partial charge is 0.262 e. The summed E-state index contributed by atoms with van der Waals surface area (Å²) in [7, 11) is 0. The van der Waals surface area contributed by atoms with Crippen LogP contribution in [0.1, 0.15) is 17.4 Å². The second-order valence-corrected chi connectivity index (χ2v) is 7.34. The lowest BCUT2D eigenvalue weighted by atomic mass is 10.2. The van der Waals surface area contributed by atoms with Crippen molar-refractivity contribution in [1.82, 2.24) is 15.0 Å². The molecule has 128 valence electrons. The number of nitrogens with zero attached hydrogens (tertiary/aromatic N) is 3. The summed E-state index contributed by atoms with van der Waals surface area (Å²) >= 11 is 4.85. The Morgan fingerprint density at radius 2 is 2.16 bits per heavy atom. The number of amides is 1. The van der Waals surface area contributed by atoms with Crippen molar-refractivity contribution in [1.29, 1.82) is 0 Å². The zero-order chi connectivity index (χ0) is 17.8. The zero-order valence-electron chi connectivity index (χ0n) is 13.4. The van der Waals surface area contributed by atoms with Crippen molar-refractivity contribution in [2.75, 3.05) is 0 Å². The Morgan fingerprint density at radius 1 is 1.40 bits per heavy atom. The van der Waals surface area contributed by atoms with Gasteiger partial charge in [-0.2, -0.15) is 5.10 Å². The fourth-order valence-electron chi connectivity index (χ4n) is 2.21. The van der Waals surface area contributed by atoms with Crippen LogP contribution in [0.5, 0.6) is 0 Å². The van der Waals surface area contributed by atoms with E-state index in [4.69, 9.17) is 0 Å². The molecule has 0 saturated heterocycles. The number of carbonyl (C=O) groups excluding carboxylic acids is 1. The number of fused-ring (bicyclic) bond motifs is 1. The maximum absolute atomic E-state index is 12.4. The molecule has 0 fully saturated rings. The van der Waals surface area contributed by atoms with Gasteiger partial charge in [-0.3, -0.25) is 14.2 Å². The predicted molar refractivity (Wildman–Crippen MR) is 103 cm³/mol. The van der Waals surface area contributed by atoms with Gasteiger partial charge in [-0.25, -0.2) is 10.4 Å². The van der Waals surface area contributed by atoms with Crippen molar-refractivity contribution in [2.45, 2.75) is 19.9 Å². The first-order valence-electron chi connectivity index (χ1n) is 7.62. The lowest BCUT2D eigenvalue weighted by Crippen LogP contribution is -2.29. The minimum absolute atomic E-state index is 0.128. The Kier molecular flexibility index (Phi) is 5.40. The van der Waals surface area contributed by atoms with Gasteiger partial charge in [0, 0.05) is 9.35 Å². The third kappa shape index (κ3) is 4.21. The lowest BCUT2D eigenvalue weighted by molar-refractivity contribution is -0.121. The van der Waals surface area contributed by atoms with Crippen LogP contribution in [0.25, 0.3) is 10.2 Å². The molecule has 0 aliphatic rings. The molecule has 0 unspecified atom stereocenters. The monoisotopic (exact) mass is 418 g/mol. The standard InChI is InChI=1S/C17H15BrN4O2S/c1-2-13-7-14-16(25-13)19-10-22(17(14)24)9-15(23)21-20-8-11-3-5-12(18)6-4-11/h3-8,10H,2,9H2,1H3,(H,21,23)/b20-8-. The summed E-state index contributed by atoms with van der Waals surface area (Å²) in [4.78, 5) is 30.5. The fourth-order valence-corrected chi connectivity index (χ4v) is 3.40. The molecule has 3 aromatic rings. The number of hydrazone groups is 1. The Balaban J connectivity index is 1.68. The quantitative estimate of drug-likeness (QED) is 0.511. The average Bonchev–Trinajstić information content (AvgIpc) is 3.03. The number of hydrogen-bond acceptors (Lipinski definition) is 5. The van der Waals surface area contributed by atoms with Crippen LogP contribution in [0.3, 0.4) is 0 Å². The minimum Gasteiger partial charge on any atom is -0.289 e. The largest absolute Gasteiger partial charge is 0.289 e. The molecule has 3 rings (SSSR count). The van der Waals surface area contributed by atoms with Gasteiger partial charge in [-0.1, -0.05) is 35.0 Å². The number of benzene rings is 1. The van der Waals surface area contributed by atoms with Crippen molar-refractivity contribution >= 4 is 49.6 Å². The normalized spacial score (nSPS) is 11.3. The number of thiophene rings is 1. The first-order chi connectivity index (χ1) is 12.1. The van der Waals surface area contributed by atoms with Crippen LogP contribution in [-0.2, 0) is 17.8 Å². The van der Waals surface area contributed by atoms with E-state index in [2.05, 4.69) is 31.4 Å². The highest BCUT2D eigenvalue weighted by atomic mass is 79.9. The van der Waals surface area contributed by atoms with Crippen LogP contribution in [0.4, 0.5) is 0 Å². The van der Waals surface area contributed by atoms with Gasteiger partial charge in [0.1, 0.15) is 11.4 Å². The summed E-state index contributed by atoms with van der Waals surface area (Å²) in [5.41, 5.74) is 3.06. The summed E-state index contributed by atoms with van der Waals surface area (Å²) < 4.78 is 2.26. The Morgan fingerprint density at radius 3 is 2.88 bits per heavy atom. The molecule has 1 N–H and O–H groups in total. The molecule has 2 heterocycles. The highest BCUT2D eigenvalue weighted by molar-refractivity contribution is 9.10. The number of nitrogens with one attached hydrogen (secondary N) is 1. The van der Waals surface area contributed by atoms with E-state index >= 15 is 0 Å². The Bertz CT molecular complexity index is 992. The maximum Gasteiger partial charge on any atom is 0.262 e. The van der Waals surface area contributed by atoms with Crippen LogP contribution in [-0.4, -0.2) is 21.7 Å². The van der Waals surface area contributed by atoms with E-state index in [0.29, 0.717) is 10.2 Å². The highest BCUT2D eigenvalue weighted by Gasteiger charge is 2.10. The number of aromatic nitrogens is 2. The van der Waals surface area contributed by atoms with E-state index in [1.165, 1.54) is 22.2 Å². The molecule has 6 nitrogen and oxygen atoms in total. The number of rotatable bonds is 5. The second kappa shape index (κ2) is 7.71. The van der Waals surface area contributed by atoms with Gasteiger partial charge < -0.3 is 0 Å². The summed E-state index contributed by atoms with van der Waals surface area (Å²) in [6, 6.07) is 9.34. The zero-order valence-corrected chi connectivity index (χ0v) is 15.8. The maximum atomic E-state index is 12.4. The van der Waals surface area contributed by atoms with E-state index in [9.17, 15) is 9.59 Å². The summed E-state index contributed by atoms with van der Waals surface area (Å²) in [6.07, 6.45) is 3.80. The molecular formula is C17H15BrN4O2S.